The highest BCUT2D eigenvalue weighted by atomic mass is 16.2. The van der Waals surface area contributed by atoms with Crippen LogP contribution in [0, 0.1) is 5.92 Å². The van der Waals surface area contributed by atoms with E-state index < -0.39 is 0 Å². The van der Waals surface area contributed by atoms with E-state index in [0.29, 0.717) is 24.3 Å². The molecule has 2 aliphatic rings. The summed E-state index contributed by atoms with van der Waals surface area (Å²) in [6.07, 6.45) is 4.61. The lowest BCUT2D eigenvalue weighted by atomic mass is 10.1. The van der Waals surface area contributed by atoms with E-state index in [9.17, 15) is 14.4 Å². The van der Waals surface area contributed by atoms with Crippen LogP contribution in [0.3, 0.4) is 0 Å². The van der Waals surface area contributed by atoms with Crippen molar-refractivity contribution in [3.05, 3.63) is 65.7 Å². The number of para-hydroxylation sites is 1. The average molecular weight is 420 g/mol. The van der Waals surface area contributed by atoms with Gasteiger partial charge in [-0.05, 0) is 30.5 Å². The molecule has 162 valence electrons. The van der Waals surface area contributed by atoms with Crippen LogP contribution in [0.25, 0.3) is 0 Å². The Kier molecular flexibility index (Phi) is 6.35. The van der Waals surface area contributed by atoms with E-state index in [-0.39, 0.29) is 36.1 Å². The van der Waals surface area contributed by atoms with E-state index in [1.807, 2.05) is 35.2 Å². The summed E-state index contributed by atoms with van der Waals surface area (Å²) in [5, 5.41) is 2.92. The van der Waals surface area contributed by atoms with E-state index >= 15 is 0 Å². The first kappa shape index (κ1) is 21.1. The minimum absolute atomic E-state index is 0.0685. The van der Waals surface area contributed by atoms with Gasteiger partial charge in [-0.15, -0.1) is 0 Å². The Morgan fingerprint density at radius 1 is 1.03 bits per heavy atom. The molecule has 1 atom stereocenters. The summed E-state index contributed by atoms with van der Waals surface area (Å²) in [6.45, 7) is 0.953. The summed E-state index contributed by atoms with van der Waals surface area (Å²) >= 11 is 0. The van der Waals surface area contributed by atoms with Crippen LogP contribution in [0.4, 0.5) is 5.69 Å². The second-order valence-corrected chi connectivity index (χ2v) is 8.57. The monoisotopic (exact) mass is 419 g/mol. The Morgan fingerprint density at radius 2 is 1.71 bits per heavy atom. The molecule has 0 unspecified atom stereocenters. The molecule has 4 rings (SSSR count). The molecule has 0 aromatic heterocycles. The second-order valence-electron chi connectivity index (χ2n) is 8.57. The lowest BCUT2D eigenvalue weighted by Gasteiger charge is -2.24. The topological polar surface area (TPSA) is 69.7 Å². The van der Waals surface area contributed by atoms with Crippen LogP contribution in [-0.4, -0.2) is 47.2 Å². The van der Waals surface area contributed by atoms with Crippen molar-refractivity contribution >= 4 is 23.4 Å². The number of nitrogens with zero attached hydrogens (tertiary/aromatic N) is 2. The number of hydrogen-bond donors (Lipinski definition) is 1. The molecule has 2 aromatic rings. The highest BCUT2D eigenvalue weighted by Crippen LogP contribution is 2.30. The standard InChI is InChI=1S/C25H29N3O3/c1-27(16-18-9-3-2-4-10-18)25(31)21-13-7-8-14-22(21)26-24(30)19-15-23(29)28(17-19)20-11-5-6-12-20/h2-4,7-10,13-14,19-20H,5-6,11-12,15-17H2,1H3,(H,26,30)/t19-/m0/s1. The summed E-state index contributed by atoms with van der Waals surface area (Å²) in [4.78, 5) is 42.0. The van der Waals surface area contributed by atoms with Gasteiger partial charge in [0.25, 0.3) is 5.91 Å². The van der Waals surface area contributed by atoms with Crippen LogP contribution in [0.1, 0.15) is 48.0 Å². The van der Waals surface area contributed by atoms with Gasteiger partial charge in [0.2, 0.25) is 11.8 Å². The molecule has 0 radical (unpaired) electrons. The smallest absolute Gasteiger partial charge is 0.256 e. The van der Waals surface area contributed by atoms with Crippen LogP contribution in [0.15, 0.2) is 54.6 Å². The third-order valence-electron chi connectivity index (χ3n) is 6.32. The van der Waals surface area contributed by atoms with Crippen molar-refractivity contribution in [3.8, 4) is 0 Å². The van der Waals surface area contributed by atoms with Crippen molar-refractivity contribution in [1.29, 1.82) is 0 Å². The van der Waals surface area contributed by atoms with Crippen LogP contribution < -0.4 is 5.32 Å². The van der Waals surface area contributed by atoms with Gasteiger partial charge in [0.1, 0.15) is 0 Å². The zero-order valence-corrected chi connectivity index (χ0v) is 17.9. The van der Waals surface area contributed by atoms with Gasteiger partial charge >= 0.3 is 0 Å². The van der Waals surface area contributed by atoms with Crippen LogP contribution in [-0.2, 0) is 16.1 Å². The normalized spacial score (nSPS) is 18.9. The maximum atomic E-state index is 13.1. The number of benzene rings is 2. The third kappa shape index (κ3) is 4.79. The molecule has 2 aromatic carbocycles. The summed E-state index contributed by atoms with van der Waals surface area (Å²) in [7, 11) is 1.75. The molecule has 1 saturated carbocycles. The second kappa shape index (κ2) is 9.33. The Balaban J connectivity index is 1.43. The molecule has 1 N–H and O–H groups in total. The van der Waals surface area contributed by atoms with Gasteiger partial charge in [-0.1, -0.05) is 55.3 Å². The van der Waals surface area contributed by atoms with E-state index in [1.165, 1.54) is 0 Å². The predicted molar refractivity (Wildman–Crippen MR) is 119 cm³/mol. The first-order valence-corrected chi connectivity index (χ1v) is 11.0. The van der Waals surface area contributed by atoms with Crippen molar-refractivity contribution in [3.63, 3.8) is 0 Å². The molecular weight excluding hydrogens is 390 g/mol. The lowest BCUT2D eigenvalue weighted by Crippen LogP contribution is -2.35. The number of anilines is 1. The minimum atomic E-state index is -0.377. The maximum Gasteiger partial charge on any atom is 0.256 e. The van der Waals surface area contributed by atoms with E-state index in [0.717, 1.165) is 31.2 Å². The van der Waals surface area contributed by atoms with E-state index in [2.05, 4.69) is 5.32 Å². The van der Waals surface area contributed by atoms with Crippen molar-refractivity contribution in [1.82, 2.24) is 9.80 Å². The summed E-state index contributed by atoms with van der Waals surface area (Å²) < 4.78 is 0. The Labute approximate surface area is 183 Å². The summed E-state index contributed by atoms with van der Waals surface area (Å²) in [5.74, 6) is -0.660. The maximum absolute atomic E-state index is 13.1. The molecule has 1 saturated heterocycles. The molecule has 31 heavy (non-hydrogen) atoms. The quantitative estimate of drug-likeness (QED) is 0.776. The van der Waals surface area contributed by atoms with E-state index in [1.54, 1.807) is 36.2 Å². The number of carbonyl (C=O) groups is 3. The summed E-state index contributed by atoms with van der Waals surface area (Å²) in [5.41, 5.74) is 1.98. The lowest BCUT2D eigenvalue weighted by molar-refractivity contribution is -0.129. The fourth-order valence-electron chi connectivity index (χ4n) is 4.62. The zero-order chi connectivity index (χ0) is 21.8. The number of amides is 3. The Hall–Kier alpha value is -3.15. The number of carbonyl (C=O) groups excluding carboxylic acids is 3. The molecule has 3 amide bonds. The van der Waals surface area contributed by atoms with Gasteiger partial charge < -0.3 is 15.1 Å². The minimum Gasteiger partial charge on any atom is -0.339 e. The first-order valence-electron chi connectivity index (χ1n) is 11.0. The zero-order valence-electron chi connectivity index (χ0n) is 17.9. The molecule has 2 fully saturated rings. The van der Waals surface area contributed by atoms with Gasteiger partial charge in [-0.25, -0.2) is 0 Å². The van der Waals surface area contributed by atoms with Gasteiger partial charge in [-0.3, -0.25) is 14.4 Å². The summed E-state index contributed by atoms with van der Waals surface area (Å²) in [6, 6.07) is 17.1. The van der Waals surface area contributed by atoms with Crippen molar-refractivity contribution in [2.45, 2.75) is 44.7 Å². The van der Waals surface area contributed by atoms with Crippen LogP contribution >= 0.6 is 0 Å². The molecule has 6 nitrogen and oxygen atoms in total. The number of likely N-dealkylation sites (tertiary alicyclic amines) is 1. The molecule has 1 aliphatic carbocycles. The average Bonchev–Trinajstić information content (AvgIpc) is 3.44. The molecule has 1 aliphatic heterocycles. The number of nitrogens with one attached hydrogen (secondary N) is 1. The van der Waals surface area contributed by atoms with Gasteiger partial charge in [0.15, 0.2) is 0 Å². The molecule has 0 spiro atoms. The highest BCUT2D eigenvalue weighted by Gasteiger charge is 2.38. The highest BCUT2D eigenvalue weighted by molar-refractivity contribution is 6.05. The Bertz CT molecular complexity index is 953. The van der Waals surface area contributed by atoms with Crippen LogP contribution in [0.2, 0.25) is 0 Å². The largest absolute Gasteiger partial charge is 0.339 e. The van der Waals surface area contributed by atoms with E-state index in [4.69, 9.17) is 0 Å². The van der Waals surface area contributed by atoms with Gasteiger partial charge in [0.05, 0.1) is 17.2 Å². The van der Waals surface area contributed by atoms with Crippen LogP contribution in [0.5, 0.6) is 0 Å². The van der Waals surface area contributed by atoms with Crippen molar-refractivity contribution in [2.24, 2.45) is 5.92 Å². The van der Waals surface area contributed by atoms with Crippen molar-refractivity contribution in [2.75, 3.05) is 18.9 Å². The number of rotatable bonds is 6. The van der Waals surface area contributed by atoms with Gasteiger partial charge in [0, 0.05) is 32.6 Å². The fourth-order valence-corrected chi connectivity index (χ4v) is 4.62. The SMILES string of the molecule is CN(Cc1ccccc1)C(=O)c1ccccc1NC(=O)[C@H]1CC(=O)N(C2CCCC2)C1. The van der Waals surface area contributed by atoms with Crippen molar-refractivity contribution < 1.29 is 14.4 Å². The predicted octanol–water partition coefficient (Wildman–Crippen LogP) is 3.69. The number of hydrogen-bond acceptors (Lipinski definition) is 3. The first-order chi connectivity index (χ1) is 15.0. The Morgan fingerprint density at radius 3 is 2.45 bits per heavy atom. The molecule has 1 heterocycles. The third-order valence-corrected chi connectivity index (χ3v) is 6.32. The molecular formula is C25H29N3O3. The molecule has 0 bridgehead atoms. The fraction of sp³-hybridized carbons (Fsp3) is 0.400. The molecule has 6 heteroatoms. The van der Waals surface area contributed by atoms with Gasteiger partial charge in [-0.2, -0.15) is 0 Å².